The number of carbonyl (C=O) groups excluding carboxylic acids is 1. The summed E-state index contributed by atoms with van der Waals surface area (Å²) in [6.45, 7) is 11.9. The van der Waals surface area contributed by atoms with E-state index in [1.807, 2.05) is 37.3 Å². The van der Waals surface area contributed by atoms with E-state index in [0.29, 0.717) is 6.04 Å². The molecule has 1 aromatic carbocycles. The van der Waals surface area contributed by atoms with E-state index in [0.717, 1.165) is 66.2 Å². The first-order chi connectivity index (χ1) is 12.5. The van der Waals surface area contributed by atoms with Gasteiger partial charge in [0.15, 0.2) is 5.78 Å². The molecule has 0 saturated heterocycles. The van der Waals surface area contributed by atoms with Crippen molar-refractivity contribution in [2.45, 2.75) is 46.6 Å². The second-order valence-corrected chi connectivity index (χ2v) is 7.12. The molecule has 3 rings (SSSR count). The minimum Gasteiger partial charge on any atom is -0.382 e. The van der Waals surface area contributed by atoms with E-state index in [9.17, 15) is 4.79 Å². The van der Waals surface area contributed by atoms with Crippen LogP contribution in [0.15, 0.2) is 30.3 Å². The molecule has 1 heterocycles. The van der Waals surface area contributed by atoms with Gasteiger partial charge in [-0.05, 0) is 52.4 Å². The Morgan fingerprint density at radius 1 is 1.15 bits per heavy atom. The number of anilines is 1. The fourth-order valence-corrected chi connectivity index (χ4v) is 3.73. The molecular weight excluding hydrogens is 322 g/mol. The van der Waals surface area contributed by atoms with Gasteiger partial charge in [0.25, 0.3) is 0 Å². The van der Waals surface area contributed by atoms with Crippen molar-refractivity contribution in [1.82, 2.24) is 9.88 Å². The SMILES string of the molecule is CCN(CC)CCCC(C)Nc1cc(C)nc2c1C(=O)c1ccccc1-2. The van der Waals surface area contributed by atoms with Gasteiger partial charge in [-0.1, -0.05) is 38.1 Å². The summed E-state index contributed by atoms with van der Waals surface area (Å²) >= 11 is 0. The van der Waals surface area contributed by atoms with Crippen molar-refractivity contribution < 1.29 is 4.79 Å². The molecule has 2 aromatic rings. The molecule has 0 saturated carbocycles. The highest BCUT2D eigenvalue weighted by Gasteiger charge is 2.31. The van der Waals surface area contributed by atoms with Crippen LogP contribution < -0.4 is 5.32 Å². The molecule has 26 heavy (non-hydrogen) atoms. The number of aromatic nitrogens is 1. The first-order valence-corrected chi connectivity index (χ1v) is 9.69. The first-order valence-electron chi connectivity index (χ1n) is 9.69. The Kier molecular flexibility index (Phi) is 5.72. The van der Waals surface area contributed by atoms with Gasteiger partial charge in [-0.25, -0.2) is 0 Å². The molecule has 1 N–H and O–H groups in total. The van der Waals surface area contributed by atoms with E-state index in [4.69, 9.17) is 0 Å². The van der Waals surface area contributed by atoms with Crippen molar-refractivity contribution in [3.63, 3.8) is 0 Å². The van der Waals surface area contributed by atoms with Crippen molar-refractivity contribution in [2.75, 3.05) is 25.0 Å². The molecular formula is C22H29N3O. The van der Waals surface area contributed by atoms with Gasteiger partial charge in [-0.2, -0.15) is 0 Å². The molecule has 1 aliphatic carbocycles. The molecule has 0 fully saturated rings. The predicted molar refractivity (Wildman–Crippen MR) is 108 cm³/mol. The summed E-state index contributed by atoms with van der Waals surface area (Å²) in [7, 11) is 0. The van der Waals surface area contributed by atoms with Gasteiger partial charge < -0.3 is 10.2 Å². The van der Waals surface area contributed by atoms with Crippen molar-refractivity contribution in [1.29, 1.82) is 0 Å². The summed E-state index contributed by atoms with van der Waals surface area (Å²) in [6.07, 6.45) is 2.23. The molecule has 1 aromatic heterocycles. The summed E-state index contributed by atoms with van der Waals surface area (Å²) in [6, 6.07) is 10.1. The van der Waals surface area contributed by atoms with Crippen LogP contribution in [0.25, 0.3) is 11.3 Å². The highest BCUT2D eigenvalue weighted by molar-refractivity contribution is 6.23. The van der Waals surface area contributed by atoms with Crippen molar-refractivity contribution in [3.8, 4) is 11.3 Å². The minimum atomic E-state index is 0.0842. The van der Waals surface area contributed by atoms with Crippen LogP contribution in [-0.4, -0.2) is 41.3 Å². The summed E-state index contributed by atoms with van der Waals surface area (Å²) < 4.78 is 0. The summed E-state index contributed by atoms with van der Waals surface area (Å²) in [5, 5.41) is 3.58. The van der Waals surface area contributed by atoms with Gasteiger partial charge in [0.05, 0.1) is 11.3 Å². The van der Waals surface area contributed by atoms with Gasteiger partial charge in [0.1, 0.15) is 0 Å². The van der Waals surface area contributed by atoms with Gasteiger partial charge in [-0.15, -0.1) is 0 Å². The Hall–Kier alpha value is -2.20. The third-order valence-electron chi connectivity index (χ3n) is 5.21. The topological polar surface area (TPSA) is 45.2 Å². The maximum atomic E-state index is 12.9. The minimum absolute atomic E-state index is 0.0842. The lowest BCUT2D eigenvalue weighted by molar-refractivity contribution is 0.104. The van der Waals surface area contributed by atoms with Crippen LogP contribution in [0.4, 0.5) is 5.69 Å². The second kappa shape index (κ2) is 8.00. The lowest BCUT2D eigenvalue weighted by Crippen LogP contribution is -2.26. The summed E-state index contributed by atoms with van der Waals surface area (Å²) in [5.74, 6) is 0.0842. The number of nitrogens with one attached hydrogen (secondary N) is 1. The van der Waals surface area contributed by atoms with Crippen molar-refractivity contribution in [3.05, 3.63) is 47.2 Å². The average molecular weight is 351 g/mol. The third kappa shape index (κ3) is 3.65. The van der Waals surface area contributed by atoms with Crippen LogP contribution in [0.5, 0.6) is 0 Å². The molecule has 138 valence electrons. The quantitative estimate of drug-likeness (QED) is 0.648. The van der Waals surface area contributed by atoms with Crippen LogP contribution in [0, 0.1) is 6.92 Å². The smallest absolute Gasteiger partial charge is 0.197 e. The highest BCUT2D eigenvalue weighted by Crippen LogP contribution is 2.39. The first kappa shape index (κ1) is 18.6. The molecule has 0 spiro atoms. The number of hydrogen-bond donors (Lipinski definition) is 1. The Balaban J connectivity index is 1.76. The lowest BCUT2D eigenvalue weighted by atomic mass is 10.1. The van der Waals surface area contributed by atoms with E-state index in [1.54, 1.807) is 0 Å². The zero-order valence-electron chi connectivity index (χ0n) is 16.3. The van der Waals surface area contributed by atoms with E-state index < -0.39 is 0 Å². The third-order valence-corrected chi connectivity index (χ3v) is 5.21. The summed E-state index contributed by atoms with van der Waals surface area (Å²) in [4.78, 5) is 20.0. The zero-order chi connectivity index (χ0) is 18.7. The van der Waals surface area contributed by atoms with Crippen LogP contribution >= 0.6 is 0 Å². The monoisotopic (exact) mass is 351 g/mol. The number of nitrogens with zero attached hydrogens (tertiary/aromatic N) is 2. The Bertz CT molecular complexity index is 796. The Labute approximate surface area is 156 Å². The molecule has 0 bridgehead atoms. The van der Waals surface area contributed by atoms with Gasteiger partial charge in [0.2, 0.25) is 0 Å². The van der Waals surface area contributed by atoms with Crippen LogP contribution in [-0.2, 0) is 0 Å². The standard InChI is InChI=1S/C22H29N3O/c1-5-25(6-2)13-9-10-15(3)23-19-14-16(4)24-21-17-11-7-8-12-18(17)22(26)20(19)21/h7-8,11-12,14-15H,5-6,9-10,13H2,1-4H3,(H,23,24). The average Bonchev–Trinajstić information content (AvgIpc) is 2.92. The van der Waals surface area contributed by atoms with Gasteiger partial charge >= 0.3 is 0 Å². The molecule has 1 unspecified atom stereocenters. The number of aryl methyl sites for hydroxylation is 1. The van der Waals surface area contributed by atoms with E-state index >= 15 is 0 Å². The largest absolute Gasteiger partial charge is 0.382 e. The molecule has 1 atom stereocenters. The lowest BCUT2D eigenvalue weighted by Gasteiger charge is -2.21. The van der Waals surface area contributed by atoms with E-state index in [1.165, 1.54) is 0 Å². The predicted octanol–water partition coefficient (Wildman–Crippen LogP) is 4.52. The van der Waals surface area contributed by atoms with Crippen molar-refractivity contribution >= 4 is 11.5 Å². The number of carbonyl (C=O) groups is 1. The van der Waals surface area contributed by atoms with Gasteiger partial charge in [-0.3, -0.25) is 9.78 Å². The number of fused-ring (bicyclic) bond motifs is 3. The molecule has 0 amide bonds. The highest BCUT2D eigenvalue weighted by atomic mass is 16.1. The van der Waals surface area contributed by atoms with Gasteiger partial charge in [0, 0.05) is 28.6 Å². The van der Waals surface area contributed by atoms with E-state index in [2.05, 4.69) is 36.0 Å². The van der Waals surface area contributed by atoms with Crippen molar-refractivity contribution in [2.24, 2.45) is 0 Å². The van der Waals surface area contributed by atoms with E-state index in [-0.39, 0.29) is 5.78 Å². The molecule has 0 radical (unpaired) electrons. The number of hydrogen-bond acceptors (Lipinski definition) is 4. The number of pyridine rings is 1. The maximum absolute atomic E-state index is 12.9. The summed E-state index contributed by atoms with van der Waals surface area (Å²) in [5.41, 5.74) is 5.12. The number of ketones is 1. The molecule has 0 aliphatic heterocycles. The molecule has 1 aliphatic rings. The van der Waals surface area contributed by atoms with Crippen LogP contribution in [0.3, 0.4) is 0 Å². The molecule has 4 heteroatoms. The maximum Gasteiger partial charge on any atom is 0.197 e. The van der Waals surface area contributed by atoms with Crippen LogP contribution in [0.1, 0.15) is 55.2 Å². The number of rotatable bonds is 8. The van der Waals surface area contributed by atoms with Crippen LogP contribution in [0.2, 0.25) is 0 Å². The Morgan fingerprint density at radius 2 is 1.85 bits per heavy atom. The second-order valence-electron chi connectivity index (χ2n) is 7.12. The fraction of sp³-hybridized carbons (Fsp3) is 0.455. The molecule has 4 nitrogen and oxygen atoms in total. The Morgan fingerprint density at radius 3 is 2.54 bits per heavy atom. The zero-order valence-corrected chi connectivity index (χ0v) is 16.3. The normalized spacial score (nSPS) is 13.7. The number of benzene rings is 1. The fourth-order valence-electron chi connectivity index (χ4n) is 3.73.